The van der Waals surface area contributed by atoms with Gasteiger partial charge in [0.2, 0.25) is 0 Å². The summed E-state index contributed by atoms with van der Waals surface area (Å²) in [4.78, 5) is 12.6. The van der Waals surface area contributed by atoms with Gasteiger partial charge in [0.1, 0.15) is 4.21 Å². The van der Waals surface area contributed by atoms with Gasteiger partial charge in [-0.25, -0.2) is 13.2 Å². The molecule has 1 aromatic rings. The standard InChI is InChI=1S/C15H22N2O5S2/c1-2-22-9-10-4-3-7-17(10)24(20,21)15-13(14(18)19)11-5-6-16-8-12(11)23-15/h10,16H,2-9H2,1H3,(H,18,19). The van der Waals surface area contributed by atoms with E-state index in [0.717, 1.165) is 29.1 Å². The molecule has 3 heterocycles. The van der Waals surface area contributed by atoms with Gasteiger partial charge in [0, 0.05) is 30.6 Å². The van der Waals surface area contributed by atoms with Gasteiger partial charge in [-0.15, -0.1) is 11.3 Å². The second-order valence-corrected chi connectivity index (χ2v) is 9.16. The Bertz CT molecular complexity index is 728. The molecule has 1 fully saturated rings. The van der Waals surface area contributed by atoms with Gasteiger partial charge in [-0.1, -0.05) is 0 Å². The molecule has 0 amide bonds. The lowest BCUT2D eigenvalue weighted by molar-refractivity contribution is 0.0692. The Morgan fingerprint density at radius 3 is 3.00 bits per heavy atom. The summed E-state index contributed by atoms with van der Waals surface area (Å²) in [5.74, 6) is -1.16. The van der Waals surface area contributed by atoms with E-state index in [9.17, 15) is 18.3 Å². The van der Waals surface area contributed by atoms with E-state index in [4.69, 9.17) is 4.74 Å². The Balaban J connectivity index is 2.00. The number of carbonyl (C=O) groups is 1. The highest BCUT2D eigenvalue weighted by Crippen LogP contribution is 2.38. The molecule has 2 aliphatic rings. The van der Waals surface area contributed by atoms with E-state index in [1.807, 2.05) is 6.92 Å². The van der Waals surface area contributed by atoms with Crippen LogP contribution < -0.4 is 5.32 Å². The number of nitrogens with zero attached hydrogens (tertiary/aromatic N) is 1. The van der Waals surface area contributed by atoms with Crippen LogP contribution in [0, 0.1) is 0 Å². The van der Waals surface area contributed by atoms with Crippen LogP contribution in [-0.4, -0.2) is 56.1 Å². The topological polar surface area (TPSA) is 95.9 Å². The number of hydrogen-bond acceptors (Lipinski definition) is 6. The highest BCUT2D eigenvalue weighted by atomic mass is 32.2. The Hall–Kier alpha value is -1.00. The normalized spacial score (nSPS) is 21.8. The number of carboxylic acids is 1. The highest BCUT2D eigenvalue weighted by molar-refractivity contribution is 7.91. The lowest BCUT2D eigenvalue weighted by Crippen LogP contribution is -2.38. The smallest absolute Gasteiger partial charge is 0.338 e. The van der Waals surface area contributed by atoms with E-state index in [1.54, 1.807) is 0 Å². The molecule has 9 heteroatoms. The molecule has 3 rings (SSSR count). The van der Waals surface area contributed by atoms with Crippen LogP contribution in [0.2, 0.25) is 0 Å². The fourth-order valence-corrected chi connectivity index (χ4v) is 7.02. The lowest BCUT2D eigenvalue weighted by atomic mass is 10.1. The molecular weight excluding hydrogens is 352 g/mol. The molecule has 24 heavy (non-hydrogen) atoms. The molecule has 0 saturated carbocycles. The van der Waals surface area contributed by atoms with Crippen molar-refractivity contribution >= 4 is 27.3 Å². The van der Waals surface area contributed by atoms with E-state index in [-0.39, 0.29) is 15.8 Å². The summed E-state index contributed by atoms with van der Waals surface area (Å²) in [6.45, 7) is 4.36. The Labute approximate surface area is 145 Å². The van der Waals surface area contributed by atoms with Crippen molar-refractivity contribution in [1.82, 2.24) is 9.62 Å². The van der Waals surface area contributed by atoms with E-state index in [2.05, 4.69) is 5.32 Å². The van der Waals surface area contributed by atoms with Gasteiger partial charge >= 0.3 is 5.97 Å². The van der Waals surface area contributed by atoms with Crippen molar-refractivity contribution in [2.24, 2.45) is 0 Å². The SMILES string of the molecule is CCOCC1CCCN1S(=O)(=O)c1sc2c(c1C(=O)O)CCNC2. The monoisotopic (exact) mass is 374 g/mol. The molecule has 7 nitrogen and oxygen atoms in total. The fraction of sp³-hybridized carbons (Fsp3) is 0.667. The first kappa shape index (κ1) is 17.8. The van der Waals surface area contributed by atoms with Crippen LogP contribution in [0.5, 0.6) is 0 Å². The van der Waals surface area contributed by atoms with Crippen molar-refractivity contribution in [3.05, 3.63) is 16.0 Å². The number of sulfonamides is 1. The number of carboxylic acid groups (broad SMARTS) is 1. The van der Waals surface area contributed by atoms with Gasteiger partial charge in [0.05, 0.1) is 12.2 Å². The van der Waals surface area contributed by atoms with Crippen LogP contribution in [0.15, 0.2) is 4.21 Å². The van der Waals surface area contributed by atoms with Crippen molar-refractivity contribution < 1.29 is 23.1 Å². The second kappa shape index (κ2) is 7.09. The molecule has 0 aliphatic carbocycles. The van der Waals surface area contributed by atoms with Crippen LogP contribution in [0.3, 0.4) is 0 Å². The molecule has 0 radical (unpaired) electrons. The van der Waals surface area contributed by atoms with Crippen LogP contribution >= 0.6 is 11.3 Å². The summed E-state index contributed by atoms with van der Waals surface area (Å²) in [5, 5.41) is 12.8. The number of ether oxygens (including phenoxy) is 1. The molecule has 2 aliphatic heterocycles. The zero-order valence-electron chi connectivity index (χ0n) is 13.6. The molecule has 1 atom stereocenters. The van der Waals surface area contributed by atoms with Gasteiger partial charge < -0.3 is 15.2 Å². The minimum atomic E-state index is -3.82. The van der Waals surface area contributed by atoms with Crippen molar-refractivity contribution in [3.63, 3.8) is 0 Å². The van der Waals surface area contributed by atoms with Crippen molar-refractivity contribution in [2.45, 2.75) is 43.0 Å². The van der Waals surface area contributed by atoms with E-state index >= 15 is 0 Å². The first-order valence-corrected chi connectivity index (χ1v) is 10.4. The third-order valence-corrected chi connectivity index (χ3v) is 8.17. The Morgan fingerprint density at radius 1 is 1.50 bits per heavy atom. The second-order valence-electron chi connectivity index (χ2n) is 5.97. The van der Waals surface area contributed by atoms with E-state index in [1.165, 1.54) is 4.31 Å². The van der Waals surface area contributed by atoms with Crippen LogP contribution in [0.25, 0.3) is 0 Å². The quantitative estimate of drug-likeness (QED) is 0.779. The summed E-state index contributed by atoms with van der Waals surface area (Å²) >= 11 is 1.10. The fourth-order valence-electron chi connectivity index (χ4n) is 3.36. The summed E-state index contributed by atoms with van der Waals surface area (Å²) in [5.41, 5.74) is 0.643. The Morgan fingerprint density at radius 2 is 2.29 bits per heavy atom. The molecule has 1 saturated heterocycles. The summed E-state index contributed by atoms with van der Waals surface area (Å²) in [6.07, 6.45) is 2.06. The number of aromatic carboxylic acids is 1. The highest BCUT2D eigenvalue weighted by Gasteiger charge is 2.40. The number of thiophene rings is 1. The molecule has 0 aromatic carbocycles. The van der Waals surface area contributed by atoms with Crippen molar-refractivity contribution in [2.75, 3.05) is 26.3 Å². The van der Waals surface area contributed by atoms with Crippen LogP contribution in [-0.2, 0) is 27.7 Å². The lowest BCUT2D eigenvalue weighted by Gasteiger charge is -2.23. The van der Waals surface area contributed by atoms with Crippen molar-refractivity contribution in [1.29, 1.82) is 0 Å². The van der Waals surface area contributed by atoms with Gasteiger partial charge in [0.25, 0.3) is 10.0 Å². The third kappa shape index (κ3) is 3.11. The maximum atomic E-state index is 13.1. The van der Waals surface area contributed by atoms with Gasteiger partial charge in [-0.05, 0) is 38.3 Å². The zero-order valence-corrected chi connectivity index (χ0v) is 15.2. The van der Waals surface area contributed by atoms with Gasteiger partial charge in [0.15, 0.2) is 0 Å². The molecular formula is C15H22N2O5S2. The third-order valence-electron chi connectivity index (χ3n) is 4.49. The summed E-state index contributed by atoms with van der Waals surface area (Å²) in [6, 6.07) is -0.214. The maximum absolute atomic E-state index is 13.1. The van der Waals surface area contributed by atoms with Crippen molar-refractivity contribution in [3.8, 4) is 0 Å². The Kier molecular flexibility index (Phi) is 5.26. The zero-order chi connectivity index (χ0) is 17.3. The first-order chi connectivity index (χ1) is 11.5. The minimum absolute atomic E-state index is 0.0212. The van der Waals surface area contributed by atoms with Gasteiger partial charge in [-0.3, -0.25) is 0 Å². The maximum Gasteiger partial charge on any atom is 0.338 e. The molecule has 1 aromatic heterocycles. The van der Waals surface area contributed by atoms with Crippen LogP contribution in [0.1, 0.15) is 40.6 Å². The number of rotatable bonds is 6. The molecule has 0 bridgehead atoms. The first-order valence-electron chi connectivity index (χ1n) is 8.15. The van der Waals surface area contributed by atoms with E-state index < -0.39 is 16.0 Å². The average molecular weight is 374 g/mol. The minimum Gasteiger partial charge on any atom is -0.478 e. The number of nitrogens with one attached hydrogen (secondary N) is 1. The van der Waals surface area contributed by atoms with Gasteiger partial charge in [-0.2, -0.15) is 4.31 Å². The summed E-state index contributed by atoms with van der Waals surface area (Å²) in [7, 11) is -3.82. The summed E-state index contributed by atoms with van der Waals surface area (Å²) < 4.78 is 33.1. The predicted molar refractivity (Wildman–Crippen MR) is 90.1 cm³/mol. The predicted octanol–water partition coefficient (Wildman–Crippen LogP) is 1.28. The molecule has 1 unspecified atom stereocenters. The largest absolute Gasteiger partial charge is 0.478 e. The molecule has 0 spiro atoms. The van der Waals surface area contributed by atoms with Crippen LogP contribution in [0.4, 0.5) is 0 Å². The average Bonchev–Trinajstić information content (AvgIpc) is 3.17. The number of fused-ring (bicyclic) bond motifs is 1. The molecule has 134 valence electrons. The molecule has 2 N–H and O–H groups in total. The number of hydrogen-bond donors (Lipinski definition) is 2. The van der Waals surface area contributed by atoms with E-state index in [0.29, 0.717) is 44.8 Å².